The highest BCUT2D eigenvalue weighted by atomic mass is 35.5. The zero-order valence-electron chi connectivity index (χ0n) is 17.3. The third-order valence-electron chi connectivity index (χ3n) is 5.88. The molecule has 1 atom stereocenters. The van der Waals surface area contributed by atoms with E-state index in [1.54, 1.807) is 4.90 Å². The van der Waals surface area contributed by atoms with Gasteiger partial charge in [0, 0.05) is 36.7 Å². The van der Waals surface area contributed by atoms with Gasteiger partial charge in [-0.15, -0.1) is 12.4 Å². The highest BCUT2D eigenvalue weighted by Gasteiger charge is 2.33. The van der Waals surface area contributed by atoms with Crippen LogP contribution in [0.4, 0.5) is 21.9 Å². The molecule has 1 saturated heterocycles. The number of nitrogen functional groups attached to an aromatic ring is 1. The van der Waals surface area contributed by atoms with Gasteiger partial charge in [0.15, 0.2) is 0 Å². The van der Waals surface area contributed by atoms with Gasteiger partial charge < -0.3 is 20.9 Å². The van der Waals surface area contributed by atoms with E-state index in [2.05, 4.69) is 5.32 Å². The molecule has 2 aromatic rings. The van der Waals surface area contributed by atoms with Crippen molar-refractivity contribution in [2.24, 2.45) is 5.92 Å². The number of piperidine rings is 1. The minimum Gasteiger partial charge on any atom is -0.398 e. The Bertz CT molecular complexity index is 933. The van der Waals surface area contributed by atoms with Crippen molar-refractivity contribution in [3.8, 4) is 0 Å². The first kappa shape index (κ1) is 22.0. The molecule has 30 heavy (non-hydrogen) atoms. The Morgan fingerprint density at radius 3 is 2.70 bits per heavy atom. The molecular weight excluding hydrogens is 400 g/mol. The van der Waals surface area contributed by atoms with Crippen LogP contribution >= 0.6 is 12.4 Å². The second-order valence-electron chi connectivity index (χ2n) is 8.02. The maximum atomic E-state index is 13.3. The molecule has 0 aliphatic carbocycles. The number of hydrogen-bond acceptors (Lipinski definition) is 3. The maximum Gasteiger partial charge on any atom is 0.321 e. The van der Waals surface area contributed by atoms with Crippen molar-refractivity contribution in [3.63, 3.8) is 0 Å². The molecule has 0 radical (unpaired) electrons. The number of urea groups is 1. The monoisotopic (exact) mass is 428 g/mol. The second-order valence-corrected chi connectivity index (χ2v) is 8.02. The molecule has 4 rings (SSSR count). The molecule has 2 heterocycles. The third kappa shape index (κ3) is 4.54. The summed E-state index contributed by atoms with van der Waals surface area (Å²) < 4.78 is 0. The largest absolute Gasteiger partial charge is 0.398 e. The lowest BCUT2D eigenvalue weighted by Crippen LogP contribution is -2.49. The Balaban J connectivity index is 0.00000256. The fraction of sp³-hybridized carbons (Fsp3) is 0.391. The Hall–Kier alpha value is -2.73. The van der Waals surface area contributed by atoms with Crippen molar-refractivity contribution in [2.45, 2.75) is 32.6 Å². The van der Waals surface area contributed by atoms with Crippen molar-refractivity contribution in [2.75, 3.05) is 35.6 Å². The van der Waals surface area contributed by atoms with E-state index in [0.717, 1.165) is 53.9 Å². The van der Waals surface area contributed by atoms with E-state index >= 15 is 0 Å². The van der Waals surface area contributed by atoms with Gasteiger partial charge in [0.25, 0.3) is 0 Å². The minimum absolute atomic E-state index is 0. The number of carbonyl (C=O) groups excluding carboxylic acids is 2. The van der Waals surface area contributed by atoms with Crippen LogP contribution in [0.5, 0.6) is 0 Å². The molecular formula is C23H29ClN4O2. The lowest BCUT2D eigenvalue weighted by atomic mass is 9.93. The van der Waals surface area contributed by atoms with Crippen LogP contribution in [0, 0.1) is 12.8 Å². The first-order chi connectivity index (χ1) is 14.0. The van der Waals surface area contributed by atoms with Gasteiger partial charge in [0.1, 0.15) is 0 Å². The number of nitrogens with zero attached hydrogens (tertiary/aromatic N) is 2. The number of amides is 3. The molecule has 1 fully saturated rings. The number of hydrogen-bond donors (Lipinski definition) is 2. The van der Waals surface area contributed by atoms with Crippen molar-refractivity contribution in [1.82, 2.24) is 4.90 Å². The number of halogens is 1. The lowest BCUT2D eigenvalue weighted by Gasteiger charge is -2.37. The van der Waals surface area contributed by atoms with Crippen molar-refractivity contribution < 1.29 is 9.59 Å². The predicted molar refractivity (Wildman–Crippen MR) is 123 cm³/mol. The molecule has 0 bridgehead atoms. The van der Waals surface area contributed by atoms with Crippen molar-refractivity contribution in [1.29, 1.82) is 0 Å². The van der Waals surface area contributed by atoms with Crippen molar-refractivity contribution >= 4 is 41.4 Å². The van der Waals surface area contributed by atoms with E-state index in [1.807, 2.05) is 54.3 Å². The summed E-state index contributed by atoms with van der Waals surface area (Å²) in [6, 6.07) is 13.4. The molecule has 0 spiro atoms. The van der Waals surface area contributed by atoms with Crippen LogP contribution in [0.15, 0.2) is 42.5 Å². The lowest BCUT2D eigenvalue weighted by molar-refractivity contribution is -0.123. The number of fused-ring (bicyclic) bond motifs is 1. The summed E-state index contributed by atoms with van der Waals surface area (Å²) in [5, 5.41) is 2.96. The molecule has 1 unspecified atom stereocenters. The number of likely N-dealkylation sites (tertiary alicyclic amines) is 1. The average Bonchev–Trinajstić information content (AvgIpc) is 2.73. The number of nitrogens with one attached hydrogen (secondary N) is 1. The summed E-state index contributed by atoms with van der Waals surface area (Å²) in [6.45, 7) is 3.82. The number of rotatable bonds is 2. The van der Waals surface area contributed by atoms with Gasteiger partial charge in [-0.25, -0.2) is 4.79 Å². The summed E-state index contributed by atoms with van der Waals surface area (Å²) in [5.41, 5.74) is 10.8. The molecule has 3 amide bonds. The van der Waals surface area contributed by atoms with Crippen LogP contribution in [-0.4, -0.2) is 36.5 Å². The Labute approximate surface area is 183 Å². The summed E-state index contributed by atoms with van der Waals surface area (Å²) in [6.07, 6.45) is 3.45. The first-order valence-corrected chi connectivity index (χ1v) is 10.3. The molecule has 3 N–H and O–H groups in total. The van der Waals surface area contributed by atoms with E-state index in [1.165, 1.54) is 0 Å². The fourth-order valence-electron chi connectivity index (χ4n) is 4.39. The van der Waals surface area contributed by atoms with Gasteiger partial charge in [-0.05, 0) is 68.0 Å². The van der Waals surface area contributed by atoms with Crippen LogP contribution in [0.1, 0.15) is 30.4 Å². The van der Waals surface area contributed by atoms with Crippen LogP contribution < -0.4 is 16.0 Å². The van der Waals surface area contributed by atoms with Gasteiger partial charge >= 0.3 is 6.03 Å². The van der Waals surface area contributed by atoms with Crippen LogP contribution in [0.3, 0.4) is 0 Å². The second kappa shape index (κ2) is 9.39. The number of benzene rings is 2. The van der Waals surface area contributed by atoms with Gasteiger partial charge in [0.05, 0.1) is 5.92 Å². The van der Waals surface area contributed by atoms with Crippen LogP contribution in [0.25, 0.3) is 0 Å². The number of anilines is 3. The smallest absolute Gasteiger partial charge is 0.321 e. The zero-order valence-corrected chi connectivity index (χ0v) is 18.1. The molecule has 2 aliphatic heterocycles. The normalized spacial score (nSPS) is 18.2. The minimum atomic E-state index is -0.181. The maximum absolute atomic E-state index is 13.3. The average molecular weight is 429 g/mol. The predicted octanol–water partition coefficient (Wildman–Crippen LogP) is 4.22. The van der Waals surface area contributed by atoms with E-state index in [-0.39, 0.29) is 30.3 Å². The fourth-order valence-corrected chi connectivity index (χ4v) is 4.39. The third-order valence-corrected chi connectivity index (χ3v) is 5.88. The van der Waals surface area contributed by atoms with Gasteiger partial charge in [-0.2, -0.15) is 0 Å². The molecule has 160 valence electrons. The van der Waals surface area contributed by atoms with Gasteiger partial charge in [-0.1, -0.05) is 18.2 Å². The topological polar surface area (TPSA) is 78.7 Å². The first-order valence-electron chi connectivity index (χ1n) is 10.3. The summed E-state index contributed by atoms with van der Waals surface area (Å²) >= 11 is 0. The highest BCUT2D eigenvalue weighted by Crippen LogP contribution is 2.33. The highest BCUT2D eigenvalue weighted by molar-refractivity contribution is 5.98. The van der Waals surface area contributed by atoms with E-state index in [9.17, 15) is 9.59 Å². The Morgan fingerprint density at radius 2 is 1.90 bits per heavy atom. The van der Waals surface area contributed by atoms with Crippen LogP contribution in [-0.2, 0) is 11.2 Å². The number of aryl methyl sites for hydroxylation is 1. The molecule has 2 aliphatic rings. The Kier molecular flexibility index (Phi) is 6.87. The van der Waals surface area contributed by atoms with E-state index in [4.69, 9.17) is 5.73 Å². The zero-order chi connectivity index (χ0) is 20.4. The number of nitrogens with two attached hydrogens (primary N) is 1. The summed E-state index contributed by atoms with van der Waals surface area (Å²) in [7, 11) is 0. The molecule has 6 nitrogen and oxygen atoms in total. The number of carbonyl (C=O) groups is 2. The Morgan fingerprint density at radius 1 is 1.10 bits per heavy atom. The summed E-state index contributed by atoms with van der Waals surface area (Å²) in [5.74, 6) is -0.0796. The van der Waals surface area contributed by atoms with Crippen molar-refractivity contribution in [3.05, 3.63) is 53.6 Å². The molecule has 0 aromatic heterocycles. The van der Waals surface area contributed by atoms with Crippen LogP contribution in [0.2, 0.25) is 0 Å². The van der Waals surface area contributed by atoms with Gasteiger partial charge in [-0.3, -0.25) is 4.79 Å². The molecule has 7 heteroatoms. The quantitative estimate of drug-likeness (QED) is 0.703. The van der Waals surface area contributed by atoms with Gasteiger partial charge in [0.2, 0.25) is 5.91 Å². The SMILES string of the molecule is Cc1cccc(NC(=O)N2CCCC(C(=O)N3CCCc4c(N)cccc43)C2)c1.Cl. The molecule has 0 saturated carbocycles. The summed E-state index contributed by atoms with van der Waals surface area (Å²) in [4.78, 5) is 29.7. The van der Waals surface area contributed by atoms with E-state index in [0.29, 0.717) is 19.6 Å². The molecule has 2 aromatic carbocycles. The van der Waals surface area contributed by atoms with E-state index < -0.39 is 0 Å². The standard InChI is InChI=1S/C23H28N4O2.ClH/c1-16-6-2-8-18(14-16)25-23(29)26-12-4-7-17(15-26)22(28)27-13-5-9-19-20(24)10-3-11-21(19)27;/h2-3,6,8,10-11,14,17H,4-5,7,9,12-13,15,24H2,1H3,(H,25,29);1H.